The Bertz CT molecular complexity index is 1140. The highest BCUT2D eigenvalue weighted by Crippen LogP contribution is 2.35. The van der Waals surface area contributed by atoms with E-state index in [0.29, 0.717) is 17.6 Å². The summed E-state index contributed by atoms with van der Waals surface area (Å²) >= 11 is 0. The number of nitrogens with one attached hydrogen (secondary N) is 4. The van der Waals surface area contributed by atoms with Crippen molar-refractivity contribution in [1.29, 1.82) is 0 Å². The summed E-state index contributed by atoms with van der Waals surface area (Å²) in [5, 5.41) is 6.40. The number of rotatable bonds is 3. The number of hydrogen-bond donors (Lipinski definition) is 5. The second kappa shape index (κ2) is 9.30. The molecule has 4 rings (SSSR count). The lowest BCUT2D eigenvalue weighted by molar-refractivity contribution is 0.825. The molecule has 0 unspecified atom stereocenters. The molecule has 0 spiro atoms. The molecule has 6 N–H and O–H groups in total. The molecule has 0 bridgehead atoms. The van der Waals surface area contributed by atoms with Crippen LogP contribution < -0.4 is 32.1 Å². The third-order valence-electron chi connectivity index (χ3n) is 5.21. The summed E-state index contributed by atoms with van der Waals surface area (Å²) < 4.78 is 0. The Morgan fingerprint density at radius 3 is 2.66 bits per heavy atom. The van der Waals surface area contributed by atoms with Crippen molar-refractivity contribution >= 4 is 34.7 Å². The molecule has 0 saturated carbocycles. The van der Waals surface area contributed by atoms with Gasteiger partial charge in [0.25, 0.3) is 0 Å². The van der Waals surface area contributed by atoms with Crippen LogP contribution in [0.3, 0.4) is 0 Å². The molecule has 0 radical (unpaired) electrons. The molecule has 0 amide bonds. The van der Waals surface area contributed by atoms with E-state index in [-0.39, 0.29) is 0 Å². The van der Waals surface area contributed by atoms with Crippen LogP contribution in [0.25, 0.3) is 0 Å². The van der Waals surface area contributed by atoms with Gasteiger partial charge in [-0.05, 0) is 49.2 Å². The number of hydrogen-bond acceptors (Lipinski definition) is 6. The summed E-state index contributed by atoms with van der Waals surface area (Å²) in [5.74, 6) is 1.12. The first-order valence-corrected chi connectivity index (χ1v) is 10.5. The van der Waals surface area contributed by atoms with Gasteiger partial charge in [-0.25, -0.2) is 4.99 Å². The minimum absolute atomic E-state index is 0.520. The topological polar surface area (TPSA) is 102 Å². The van der Waals surface area contributed by atoms with Gasteiger partial charge in [0.2, 0.25) is 11.9 Å². The number of aliphatic imine (C=N–C) groups is 2. The predicted octanol–water partition coefficient (Wildman–Crippen LogP) is 3.80. The predicted molar refractivity (Wildman–Crippen MR) is 135 cm³/mol. The summed E-state index contributed by atoms with van der Waals surface area (Å²) in [5.41, 5.74) is 18.5. The Hall–Kier alpha value is -4.20. The van der Waals surface area contributed by atoms with Gasteiger partial charge in [-0.2, -0.15) is 0 Å². The van der Waals surface area contributed by atoms with Crippen molar-refractivity contribution < 1.29 is 0 Å². The smallest absolute Gasteiger partial charge is 0.227 e. The van der Waals surface area contributed by atoms with Crippen molar-refractivity contribution in [3.8, 4) is 0 Å². The zero-order chi connectivity index (χ0) is 22.5. The average Bonchev–Trinajstić information content (AvgIpc) is 2.82. The molecule has 2 aliphatic rings. The van der Waals surface area contributed by atoms with Crippen LogP contribution in [0.1, 0.15) is 12.8 Å². The molecule has 0 aromatic heterocycles. The lowest BCUT2D eigenvalue weighted by Gasteiger charge is -2.35. The largest absolute Gasteiger partial charge is 0.399 e. The molecule has 0 fully saturated rings. The highest BCUT2D eigenvalue weighted by molar-refractivity contribution is 6.04. The standard InChI is InChI=1S/C24H28N8/c1-16-21-12-4-5-13-22(21)29-24(32(16)20-11-7-9-18(15-20)26-2)31-30-23(27-3)28-19-10-6-8-17(25)14-19/h6-15,26H,1,4-5,25H2,2-3H3,(H,29,31)(H2,27,28,30). The van der Waals surface area contributed by atoms with Crippen LogP contribution in [0.4, 0.5) is 22.7 Å². The summed E-state index contributed by atoms with van der Waals surface area (Å²) in [7, 11) is 3.60. The minimum atomic E-state index is 0.520. The maximum Gasteiger partial charge on any atom is 0.227 e. The molecule has 164 valence electrons. The number of nitrogens with zero attached hydrogens (tertiary/aromatic N) is 3. The van der Waals surface area contributed by atoms with Crippen molar-refractivity contribution in [3.05, 3.63) is 84.2 Å². The van der Waals surface area contributed by atoms with Gasteiger partial charge < -0.3 is 16.4 Å². The highest BCUT2D eigenvalue weighted by Gasteiger charge is 2.28. The van der Waals surface area contributed by atoms with E-state index in [1.165, 1.54) is 0 Å². The van der Waals surface area contributed by atoms with Gasteiger partial charge in [-0.15, -0.1) is 0 Å². The van der Waals surface area contributed by atoms with E-state index in [2.05, 4.69) is 51.3 Å². The first-order chi connectivity index (χ1) is 15.6. The SMILES string of the molecule is C=C1C2=CCCC=C2N=C(NNC(=NC)Nc2cccc(N)c2)N1c1cccc(NC)c1. The maximum absolute atomic E-state index is 5.88. The van der Waals surface area contributed by atoms with Gasteiger partial charge in [0.15, 0.2) is 0 Å². The second-order valence-corrected chi connectivity index (χ2v) is 7.38. The van der Waals surface area contributed by atoms with Gasteiger partial charge in [0.1, 0.15) is 0 Å². The number of nitrogens with two attached hydrogens (primary N) is 1. The number of anilines is 4. The van der Waals surface area contributed by atoms with Crippen LogP contribution in [-0.4, -0.2) is 26.0 Å². The molecule has 0 atom stereocenters. The first-order valence-electron chi connectivity index (χ1n) is 10.5. The van der Waals surface area contributed by atoms with Crippen molar-refractivity contribution in [2.75, 3.05) is 35.4 Å². The number of fused-ring (bicyclic) bond motifs is 1. The van der Waals surface area contributed by atoms with Crippen LogP contribution in [0.5, 0.6) is 0 Å². The average molecular weight is 429 g/mol. The molecular formula is C24H28N8. The van der Waals surface area contributed by atoms with Gasteiger partial charge in [0.05, 0.1) is 17.1 Å². The van der Waals surface area contributed by atoms with Crippen LogP contribution in [0, 0.1) is 0 Å². The Kier molecular flexibility index (Phi) is 6.12. The Balaban J connectivity index is 1.61. The molecule has 1 aliphatic heterocycles. The fraction of sp³-hybridized carbons (Fsp3) is 0.167. The fourth-order valence-corrected chi connectivity index (χ4v) is 3.62. The highest BCUT2D eigenvalue weighted by atomic mass is 15.5. The summed E-state index contributed by atoms with van der Waals surface area (Å²) in [4.78, 5) is 11.2. The van der Waals surface area contributed by atoms with E-state index in [1.807, 2.05) is 54.4 Å². The van der Waals surface area contributed by atoms with E-state index >= 15 is 0 Å². The zero-order valence-corrected chi connectivity index (χ0v) is 18.3. The van der Waals surface area contributed by atoms with Crippen molar-refractivity contribution in [1.82, 2.24) is 10.9 Å². The fourth-order valence-electron chi connectivity index (χ4n) is 3.62. The van der Waals surface area contributed by atoms with Gasteiger partial charge in [0, 0.05) is 36.7 Å². The number of hydrazine groups is 1. The maximum atomic E-state index is 5.88. The molecule has 1 heterocycles. The molecular weight excluding hydrogens is 400 g/mol. The van der Waals surface area contributed by atoms with E-state index in [4.69, 9.17) is 10.7 Å². The van der Waals surface area contributed by atoms with Crippen molar-refractivity contribution in [3.63, 3.8) is 0 Å². The Labute approximate surface area is 188 Å². The summed E-state index contributed by atoms with van der Waals surface area (Å²) in [6.45, 7) is 4.37. The number of allylic oxidation sites excluding steroid dienone is 2. The van der Waals surface area contributed by atoms with Gasteiger partial charge in [-0.3, -0.25) is 20.7 Å². The van der Waals surface area contributed by atoms with Crippen molar-refractivity contribution in [2.24, 2.45) is 9.98 Å². The monoisotopic (exact) mass is 428 g/mol. The Morgan fingerprint density at radius 2 is 1.88 bits per heavy atom. The van der Waals surface area contributed by atoms with E-state index in [1.54, 1.807) is 7.05 Å². The molecule has 2 aromatic rings. The summed E-state index contributed by atoms with van der Waals surface area (Å²) in [6, 6.07) is 15.6. The normalized spacial score (nSPS) is 15.8. The molecule has 0 saturated heterocycles. The summed E-state index contributed by atoms with van der Waals surface area (Å²) in [6.07, 6.45) is 6.28. The van der Waals surface area contributed by atoms with E-state index < -0.39 is 0 Å². The quantitative estimate of drug-likeness (QED) is 0.221. The third kappa shape index (κ3) is 4.44. The van der Waals surface area contributed by atoms with E-state index in [9.17, 15) is 0 Å². The molecule has 2 aromatic carbocycles. The number of guanidine groups is 2. The van der Waals surface area contributed by atoms with Crippen LogP contribution in [0.2, 0.25) is 0 Å². The number of nitrogen functional groups attached to an aromatic ring is 1. The molecule has 1 aliphatic carbocycles. The van der Waals surface area contributed by atoms with Crippen LogP contribution in [0.15, 0.2) is 94.2 Å². The van der Waals surface area contributed by atoms with Crippen LogP contribution >= 0.6 is 0 Å². The minimum Gasteiger partial charge on any atom is -0.399 e. The lowest BCUT2D eigenvalue weighted by Crippen LogP contribution is -2.52. The Morgan fingerprint density at radius 1 is 1.09 bits per heavy atom. The zero-order valence-electron chi connectivity index (χ0n) is 18.3. The first kappa shape index (κ1) is 21.0. The van der Waals surface area contributed by atoms with Gasteiger partial charge in [-0.1, -0.05) is 30.9 Å². The molecule has 32 heavy (non-hydrogen) atoms. The van der Waals surface area contributed by atoms with Crippen molar-refractivity contribution in [2.45, 2.75) is 12.8 Å². The number of benzene rings is 2. The van der Waals surface area contributed by atoms with Gasteiger partial charge >= 0.3 is 0 Å². The second-order valence-electron chi connectivity index (χ2n) is 7.38. The van der Waals surface area contributed by atoms with E-state index in [0.717, 1.165) is 46.9 Å². The third-order valence-corrected chi connectivity index (χ3v) is 5.21. The van der Waals surface area contributed by atoms with Crippen LogP contribution in [-0.2, 0) is 0 Å². The lowest BCUT2D eigenvalue weighted by atomic mass is 9.99. The molecule has 8 heteroatoms. The molecule has 8 nitrogen and oxygen atoms in total.